The lowest BCUT2D eigenvalue weighted by molar-refractivity contribution is 1.49. The van der Waals surface area contributed by atoms with Gasteiger partial charge in [0.2, 0.25) is 0 Å². The van der Waals surface area contributed by atoms with Gasteiger partial charge in [0.25, 0.3) is 0 Å². The van der Waals surface area contributed by atoms with Crippen molar-refractivity contribution in [1.82, 2.24) is 0 Å². The molecule has 0 aromatic heterocycles. The highest BCUT2D eigenvalue weighted by Gasteiger charge is 1.99. The first-order valence-electron chi connectivity index (χ1n) is 3.17. The van der Waals surface area contributed by atoms with Gasteiger partial charge in [-0.3, -0.25) is 0 Å². The zero-order valence-electron chi connectivity index (χ0n) is 6.00. The van der Waals surface area contributed by atoms with E-state index in [-0.39, 0.29) is 5.70 Å². The minimum Gasteiger partial charge on any atom is -0.145 e. The van der Waals surface area contributed by atoms with E-state index < -0.39 is 0 Å². The number of nitrogens with zero attached hydrogens (tertiary/aromatic N) is 1. The van der Waals surface area contributed by atoms with Crippen molar-refractivity contribution in [2.75, 3.05) is 0 Å². The van der Waals surface area contributed by atoms with E-state index in [4.69, 9.17) is 23.2 Å². The van der Waals surface area contributed by atoms with E-state index in [2.05, 4.69) is 5.18 Å². The Hall–Kier alpha value is -0.860. The van der Waals surface area contributed by atoms with Crippen LogP contribution in [0.25, 0.3) is 5.70 Å². The molecule has 0 aliphatic heterocycles. The molecule has 0 heterocycles. The van der Waals surface area contributed by atoms with Crippen LogP contribution in [0.2, 0.25) is 5.02 Å². The molecule has 62 valence electrons. The molecule has 0 fully saturated rings. The van der Waals surface area contributed by atoms with Crippen LogP contribution in [-0.2, 0) is 0 Å². The summed E-state index contributed by atoms with van der Waals surface area (Å²) >= 11 is 11.0. The van der Waals surface area contributed by atoms with Gasteiger partial charge >= 0.3 is 0 Å². The van der Waals surface area contributed by atoms with Crippen LogP contribution >= 0.6 is 23.2 Å². The highest BCUT2D eigenvalue weighted by Crippen LogP contribution is 2.18. The Morgan fingerprint density at radius 3 is 2.33 bits per heavy atom. The first kappa shape index (κ1) is 9.23. The van der Waals surface area contributed by atoms with E-state index in [1.807, 2.05) is 0 Å². The molecule has 0 aliphatic rings. The first-order chi connectivity index (χ1) is 5.77. The van der Waals surface area contributed by atoms with E-state index in [0.717, 1.165) is 5.54 Å². The number of halogens is 2. The number of benzene rings is 1. The predicted molar refractivity (Wildman–Crippen MR) is 51.1 cm³/mol. The normalized spacial score (nSPS) is 11.3. The van der Waals surface area contributed by atoms with E-state index in [1.165, 1.54) is 0 Å². The zero-order chi connectivity index (χ0) is 8.97. The minimum absolute atomic E-state index is 0.202. The standard InChI is InChI=1S/C8H5Cl2NO/c9-5-8(11-12)6-1-3-7(10)4-2-6/h1-5H/b8-5+. The molecule has 4 heteroatoms. The summed E-state index contributed by atoms with van der Waals surface area (Å²) < 4.78 is 0. The van der Waals surface area contributed by atoms with Crippen molar-refractivity contribution in [3.05, 3.63) is 45.3 Å². The smallest absolute Gasteiger partial charge is 0.126 e. The number of nitroso groups, excluding NO2 is 1. The van der Waals surface area contributed by atoms with Crippen molar-refractivity contribution in [3.8, 4) is 0 Å². The molecule has 12 heavy (non-hydrogen) atoms. The Balaban J connectivity index is 3.04. The molecule has 0 bridgehead atoms. The molecule has 0 saturated carbocycles. The van der Waals surface area contributed by atoms with Gasteiger partial charge in [0.05, 0.1) is 0 Å². The van der Waals surface area contributed by atoms with Gasteiger partial charge < -0.3 is 0 Å². The number of hydrogen-bond acceptors (Lipinski definition) is 2. The molecule has 1 aromatic carbocycles. The van der Waals surface area contributed by atoms with Gasteiger partial charge in [-0.15, -0.1) is 4.91 Å². The summed E-state index contributed by atoms with van der Waals surface area (Å²) in [4.78, 5) is 10.2. The van der Waals surface area contributed by atoms with E-state index in [9.17, 15) is 4.91 Å². The fourth-order valence-corrected chi connectivity index (χ4v) is 1.05. The first-order valence-corrected chi connectivity index (χ1v) is 3.99. The Morgan fingerprint density at radius 2 is 1.92 bits per heavy atom. The Bertz CT molecular complexity index is 305. The van der Waals surface area contributed by atoms with Crippen LogP contribution in [0.4, 0.5) is 0 Å². The molecule has 1 aromatic rings. The summed E-state index contributed by atoms with van der Waals surface area (Å²) in [6.45, 7) is 0. The van der Waals surface area contributed by atoms with E-state index >= 15 is 0 Å². The summed E-state index contributed by atoms with van der Waals surface area (Å²) in [6, 6.07) is 6.70. The quantitative estimate of drug-likeness (QED) is 0.673. The molecule has 0 radical (unpaired) electrons. The molecular formula is C8H5Cl2NO. The summed E-state index contributed by atoms with van der Waals surface area (Å²) in [6.07, 6.45) is 0. The van der Waals surface area contributed by atoms with Crippen molar-refractivity contribution >= 4 is 28.9 Å². The van der Waals surface area contributed by atoms with Crippen molar-refractivity contribution in [3.63, 3.8) is 0 Å². The van der Waals surface area contributed by atoms with Crippen LogP contribution in [0, 0.1) is 4.91 Å². The molecular weight excluding hydrogens is 197 g/mol. The van der Waals surface area contributed by atoms with Gasteiger partial charge in [0, 0.05) is 16.1 Å². The summed E-state index contributed by atoms with van der Waals surface area (Å²) in [7, 11) is 0. The SMILES string of the molecule is O=N/C(=C/Cl)c1ccc(Cl)cc1. The maximum Gasteiger partial charge on any atom is 0.126 e. The molecule has 0 atom stereocenters. The second-order valence-corrected chi connectivity index (χ2v) is 2.75. The number of hydrogen-bond donors (Lipinski definition) is 0. The van der Waals surface area contributed by atoms with Crippen molar-refractivity contribution in [2.45, 2.75) is 0 Å². The molecule has 2 nitrogen and oxygen atoms in total. The largest absolute Gasteiger partial charge is 0.145 e. The average molecular weight is 202 g/mol. The third kappa shape index (κ3) is 2.06. The maximum atomic E-state index is 10.2. The monoisotopic (exact) mass is 201 g/mol. The van der Waals surface area contributed by atoms with Gasteiger partial charge in [-0.2, -0.15) is 0 Å². The third-order valence-electron chi connectivity index (χ3n) is 1.34. The van der Waals surface area contributed by atoms with Gasteiger partial charge in [0.15, 0.2) is 0 Å². The molecule has 0 unspecified atom stereocenters. The predicted octanol–water partition coefficient (Wildman–Crippen LogP) is 3.64. The maximum absolute atomic E-state index is 10.2. The second-order valence-electron chi connectivity index (χ2n) is 2.09. The van der Waals surface area contributed by atoms with Gasteiger partial charge in [-0.1, -0.05) is 35.3 Å². The van der Waals surface area contributed by atoms with Crippen LogP contribution < -0.4 is 0 Å². The van der Waals surface area contributed by atoms with Crippen LogP contribution in [0.1, 0.15) is 5.56 Å². The van der Waals surface area contributed by atoms with Crippen molar-refractivity contribution < 1.29 is 0 Å². The van der Waals surface area contributed by atoms with Gasteiger partial charge in [-0.05, 0) is 17.3 Å². The average Bonchev–Trinajstić information content (AvgIpc) is 2.10. The highest BCUT2D eigenvalue weighted by molar-refractivity contribution is 6.30. The topological polar surface area (TPSA) is 29.4 Å². The summed E-state index contributed by atoms with van der Waals surface area (Å²) in [5, 5.41) is 3.35. The Labute approximate surface area is 79.8 Å². The fourth-order valence-electron chi connectivity index (χ4n) is 0.756. The molecule has 0 aliphatic carbocycles. The molecule has 0 N–H and O–H groups in total. The van der Waals surface area contributed by atoms with Crippen LogP contribution in [0.3, 0.4) is 0 Å². The summed E-state index contributed by atoms with van der Waals surface area (Å²) in [5.41, 5.74) is 1.99. The molecule has 0 saturated heterocycles. The molecule has 0 amide bonds. The minimum atomic E-state index is 0.202. The van der Waals surface area contributed by atoms with Crippen molar-refractivity contribution in [2.24, 2.45) is 5.18 Å². The van der Waals surface area contributed by atoms with Gasteiger partial charge in [0.1, 0.15) is 5.70 Å². The lowest BCUT2D eigenvalue weighted by atomic mass is 10.2. The summed E-state index contributed by atoms with van der Waals surface area (Å²) in [5.74, 6) is 0. The van der Waals surface area contributed by atoms with Crippen molar-refractivity contribution in [1.29, 1.82) is 0 Å². The molecule has 1 rings (SSSR count). The molecule has 0 spiro atoms. The lowest BCUT2D eigenvalue weighted by Gasteiger charge is -1.95. The van der Waals surface area contributed by atoms with E-state index in [0.29, 0.717) is 10.6 Å². The van der Waals surface area contributed by atoms with Crippen LogP contribution in [0.5, 0.6) is 0 Å². The fraction of sp³-hybridized carbons (Fsp3) is 0. The Morgan fingerprint density at radius 1 is 1.33 bits per heavy atom. The van der Waals surface area contributed by atoms with Crippen LogP contribution in [0.15, 0.2) is 35.0 Å². The highest BCUT2D eigenvalue weighted by atomic mass is 35.5. The van der Waals surface area contributed by atoms with E-state index in [1.54, 1.807) is 24.3 Å². The lowest BCUT2D eigenvalue weighted by Crippen LogP contribution is -1.77. The second kappa shape index (κ2) is 4.24. The zero-order valence-corrected chi connectivity index (χ0v) is 7.51. The van der Waals surface area contributed by atoms with Crippen LogP contribution in [-0.4, -0.2) is 0 Å². The third-order valence-corrected chi connectivity index (χ3v) is 1.80. The number of rotatable bonds is 2. The Kier molecular flexibility index (Phi) is 3.26. The van der Waals surface area contributed by atoms with Gasteiger partial charge in [-0.25, -0.2) is 0 Å².